The van der Waals surface area contributed by atoms with Gasteiger partial charge in [0.2, 0.25) is 11.7 Å². The highest BCUT2D eigenvalue weighted by Gasteiger charge is 2.28. The summed E-state index contributed by atoms with van der Waals surface area (Å²) >= 11 is 0. The van der Waals surface area contributed by atoms with Crippen molar-refractivity contribution in [2.75, 3.05) is 5.32 Å². The predicted molar refractivity (Wildman–Crippen MR) is 90.8 cm³/mol. The fraction of sp³-hybridized carbons (Fsp3) is 0.294. The van der Waals surface area contributed by atoms with Gasteiger partial charge in [-0.05, 0) is 31.7 Å². The molecule has 1 fully saturated rings. The van der Waals surface area contributed by atoms with Gasteiger partial charge in [-0.15, -0.1) is 5.10 Å². The third kappa shape index (κ3) is 2.20. The second-order valence-electron chi connectivity index (χ2n) is 6.39. The van der Waals surface area contributed by atoms with E-state index in [1.807, 2.05) is 46.0 Å². The summed E-state index contributed by atoms with van der Waals surface area (Å²) in [5.74, 6) is 2.13. The summed E-state index contributed by atoms with van der Waals surface area (Å²) in [6, 6.07) is 2.46. The summed E-state index contributed by atoms with van der Waals surface area (Å²) in [6.07, 6.45) is 13.9. The van der Waals surface area contributed by atoms with Gasteiger partial charge in [0.1, 0.15) is 0 Å². The van der Waals surface area contributed by atoms with Crippen LogP contribution in [-0.4, -0.2) is 35.0 Å². The number of fused-ring (bicyclic) bond motifs is 2. The molecule has 4 aromatic rings. The summed E-state index contributed by atoms with van der Waals surface area (Å²) in [5.41, 5.74) is 3.03. The lowest BCUT2D eigenvalue weighted by atomic mass is 10.1. The van der Waals surface area contributed by atoms with Gasteiger partial charge in [-0.1, -0.05) is 0 Å². The first kappa shape index (κ1) is 13.5. The molecule has 0 aromatic carbocycles. The number of rotatable bonds is 4. The summed E-state index contributed by atoms with van der Waals surface area (Å²) < 4.78 is 3.77. The average Bonchev–Trinajstić information content (AvgIpc) is 3.20. The quantitative estimate of drug-likeness (QED) is 0.626. The molecule has 7 heteroatoms. The predicted octanol–water partition coefficient (Wildman–Crippen LogP) is 2.65. The number of nitrogens with zero attached hydrogens (tertiary/aromatic N) is 6. The SMILES string of the molecule is CC(Nc1ncc2c(-c3cnc4nccn4c3)ccn2n1)C1CC1. The van der Waals surface area contributed by atoms with Crippen molar-refractivity contribution in [2.45, 2.75) is 25.8 Å². The van der Waals surface area contributed by atoms with Crippen molar-refractivity contribution < 1.29 is 0 Å². The van der Waals surface area contributed by atoms with Gasteiger partial charge in [0.25, 0.3) is 0 Å². The van der Waals surface area contributed by atoms with Crippen LogP contribution in [0, 0.1) is 5.92 Å². The molecule has 0 bridgehead atoms. The Labute approximate surface area is 138 Å². The summed E-state index contributed by atoms with van der Waals surface area (Å²) in [6.45, 7) is 2.19. The van der Waals surface area contributed by atoms with Gasteiger partial charge < -0.3 is 5.32 Å². The van der Waals surface area contributed by atoms with E-state index < -0.39 is 0 Å². The van der Waals surface area contributed by atoms with Crippen LogP contribution in [0.25, 0.3) is 22.4 Å². The molecule has 4 heterocycles. The Kier molecular flexibility index (Phi) is 2.82. The first-order valence-electron chi connectivity index (χ1n) is 8.18. The zero-order valence-corrected chi connectivity index (χ0v) is 13.3. The maximum Gasteiger partial charge on any atom is 0.241 e. The van der Waals surface area contributed by atoms with E-state index in [4.69, 9.17) is 0 Å². The standard InChI is InChI=1S/C17H17N7/c1-11(12-2-3-12)21-16-19-9-15-14(4-6-24(15)22-16)13-8-20-17-18-5-7-23(17)10-13/h4-12H,2-3H2,1H3,(H,21,22). The Morgan fingerprint density at radius 2 is 2.08 bits per heavy atom. The van der Waals surface area contributed by atoms with Crippen LogP contribution in [0.15, 0.2) is 43.2 Å². The summed E-state index contributed by atoms with van der Waals surface area (Å²) in [4.78, 5) is 13.0. The van der Waals surface area contributed by atoms with E-state index in [2.05, 4.69) is 32.3 Å². The van der Waals surface area contributed by atoms with E-state index in [0.717, 1.165) is 22.6 Å². The van der Waals surface area contributed by atoms with Crippen molar-refractivity contribution in [3.8, 4) is 11.1 Å². The van der Waals surface area contributed by atoms with Gasteiger partial charge in [0, 0.05) is 48.2 Å². The van der Waals surface area contributed by atoms with Gasteiger partial charge in [-0.25, -0.2) is 19.5 Å². The number of imidazole rings is 1. The lowest BCUT2D eigenvalue weighted by molar-refractivity contribution is 0.681. The van der Waals surface area contributed by atoms with Gasteiger partial charge in [-0.2, -0.15) is 0 Å². The number of hydrogen-bond donors (Lipinski definition) is 1. The van der Waals surface area contributed by atoms with E-state index >= 15 is 0 Å². The number of hydrogen-bond acceptors (Lipinski definition) is 5. The van der Waals surface area contributed by atoms with Crippen LogP contribution in [0.2, 0.25) is 0 Å². The largest absolute Gasteiger partial charge is 0.350 e. The molecular weight excluding hydrogens is 302 g/mol. The van der Waals surface area contributed by atoms with Crippen LogP contribution in [0.3, 0.4) is 0 Å². The molecule has 1 aliphatic carbocycles. The fourth-order valence-corrected chi connectivity index (χ4v) is 3.08. The highest BCUT2D eigenvalue weighted by molar-refractivity contribution is 5.79. The molecule has 0 spiro atoms. The van der Waals surface area contributed by atoms with E-state index in [1.165, 1.54) is 12.8 Å². The van der Waals surface area contributed by atoms with E-state index in [1.54, 1.807) is 6.20 Å². The minimum Gasteiger partial charge on any atom is -0.350 e. The number of aromatic nitrogens is 6. The van der Waals surface area contributed by atoms with Gasteiger partial charge in [0.05, 0.1) is 11.7 Å². The Morgan fingerprint density at radius 1 is 1.17 bits per heavy atom. The van der Waals surface area contributed by atoms with E-state index in [-0.39, 0.29) is 0 Å². The van der Waals surface area contributed by atoms with Crippen LogP contribution in [-0.2, 0) is 0 Å². The van der Waals surface area contributed by atoms with Crippen molar-refractivity contribution in [1.82, 2.24) is 29.0 Å². The van der Waals surface area contributed by atoms with Crippen LogP contribution in [0.4, 0.5) is 5.95 Å². The molecule has 1 saturated carbocycles. The third-order valence-electron chi connectivity index (χ3n) is 4.66. The Balaban J connectivity index is 1.52. The number of nitrogens with one attached hydrogen (secondary N) is 1. The van der Waals surface area contributed by atoms with E-state index in [0.29, 0.717) is 17.8 Å². The molecule has 1 aliphatic rings. The van der Waals surface area contributed by atoms with E-state index in [9.17, 15) is 0 Å². The van der Waals surface area contributed by atoms with Crippen LogP contribution >= 0.6 is 0 Å². The highest BCUT2D eigenvalue weighted by atomic mass is 15.3. The minimum atomic E-state index is 0.422. The average molecular weight is 319 g/mol. The smallest absolute Gasteiger partial charge is 0.241 e. The highest BCUT2D eigenvalue weighted by Crippen LogP contribution is 2.33. The Morgan fingerprint density at radius 3 is 2.96 bits per heavy atom. The summed E-state index contributed by atoms with van der Waals surface area (Å²) in [7, 11) is 0. The monoisotopic (exact) mass is 319 g/mol. The molecule has 0 radical (unpaired) electrons. The normalized spacial score (nSPS) is 15.9. The number of anilines is 1. The summed E-state index contributed by atoms with van der Waals surface area (Å²) in [5, 5.41) is 7.98. The molecule has 24 heavy (non-hydrogen) atoms. The second kappa shape index (κ2) is 5.02. The lowest BCUT2D eigenvalue weighted by Gasteiger charge is -2.12. The second-order valence-corrected chi connectivity index (χ2v) is 6.39. The van der Waals surface area contributed by atoms with Crippen molar-refractivity contribution in [1.29, 1.82) is 0 Å². The molecule has 4 aromatic heterocycles. The third-order valence-corrected chi connectivity index (χ3v) is 4.66. The van der Waals surface area contributed by atoms with Crippen molar-refractivity contribution in [3.63, 3.8) is 0 Å². The minimum absolute atomic E-state index is 0.422. The fourth-order valence-electron chi connectivity index (χ4n) is 3.08. The maximum atomic E-state index is 4.58. The molecule has 0 aliphatic heterocycles. The molecule has 1 N–H and O–H groups in total. The van der Waals surface area contributed by atoms with Gasteiger partial charge in [0.15, 0.2) is 0 Å². The molecule has 0 saturated heterocycles. The first-order chi connectivity index (χ1) is 11.8. The molecule has 0 amide bonds. The van der Waals surface area contributed by atoms with Gasteiger partial charge in [-0.3, -0.25) is 4.40 Å². The van der Waals surface area contributed by atoms with Crippen molar-refractivity contribution >= 4 is 17.2 Å². The molecular formula is C17H17N7. The van der Waals surface area contributed by atoms with Crippen LogP contribution in [0.1, 0.15) is 19.8 Å². The molecule has 1 atom stereocenters. The maximum absolute atomic E-state index is 4.58. The molecule has 5 rings (SSSR count). The molecule has 7 nitrogen and oxygen atoms in total. The Bertz CT molecular complexity index is 1030. The Hall–Kier alpha value is -2.96. The van der Waals surface area contributed by atoms with Gasteiger partial charge >= 0.3 is 0 Å². The zero-order valence-electron chi connectivity index (χ0n) is 13.3. The molecule has 1 unspecified atom stereocenters. The lowest BCUT2D eigenvalue weighted by Crippen LogP contribution is -2.19. The van der Waals surface area contributed by atoms with Crippen molar-refractivity contribution in [3.05, 3.63) is 43.2 Å². The first-order valence-corrected chi connectivity index (χ1v) is 8.18. The zero-order chi connectivity index (χ0) is 16.1. The molecule has 120 valence electrons. The van der Waals surface area contributed by atoms with Crippen LogP contribution < -0.4 is 5.32 Å². The topological polar surface area (TPSA) is 72.4 Å². The van der Waals surface area contributed by atoms with Crippen LogP contribution in [0.5, 0.6) is 0 Å². The van der Waals surface area contributed by atoms with Crippen molar-refractivity contribution in [2.24, 2.45) is 5.92 Å².